The molecular weight excluding hydrogens is 270 g/mol. The predicted octanol–water partition coefficient (Wildman–Crippen LogP) is 1.03. The molecule has 1 fully saturated rings. The summed E-state index contributed by atoms with van der Waals surface area (Å²) in [7, 11) is 0. The Morgan fingerprint density at radius 2 is 2.24 bits per heavy atom. The summed E-state index contributed by atoms with van der Waals surface area (Å²) in [6, 6.07) is 6.32. The lowest BCUT2D eigenvalue weighted by molar-refractivity contribution is -0.138. The Kier molecular flexibility index (Phi) is 4.24. The number of fused-ring (bicyclic) bond motifs is 1. The van der Waals surface area contributed by atoms with Gasteiger partial charge in [0.25, 0.3) is 0 Å². The van der Waals surface area contributed by atoms with Crippen LogP contribution in [0.2, 0.25) is 0 Å². The molecule has 2 heterocycles. The Bertz CT molecular complexity index is 531. The lowest BCUT2D eigenvalue weighted by Crippen LogP contribution is -2.23. The maximum Gasteiger partial charge on any atom is 0.303 e. The quantitative estimate of drug-likeness (QED) is 0.867. The van der Waals surface area contributed by atoms with Crippen LogP contribution in [-0.4, -0.2) is 46.9 Å². The smallest absolute Gasteiger partial charge is 0.303 e. The van der Waals surface area contributed by atoms with Crippen LogP contribution in [0.4, 0.5) is 0 Å². The van der Waals surface area contributed by atoms with Crippen LogP contribution in [0.15, 0.2) is 18.2 Å². The van der Waals surface area contributed by atoms with Crippen LogP contribution in [0.25, 0.3) is 0 Å². The van der Waals surface area contributed by atoms with Crippen LogP contribution >= 0.6 is 0 Å². The van der Waals surface area contributed by atoms with Crippen LogP contribution < -0.4 is 0 Å². The van der Waals surface area contributed by atoms with Gasteiger partial charge < -0.3 is 14.9 Å². The maximum absolute atomic E-state index is 10.8. The van der Waals surface area contributed by atoms with E-state index in [1.165, 1.54) is 16.7 Å². The first kappa shape index (κ1) is 14.5. The molecule has 0 bridgehead atoms. The van der Waals surface area contributed by atoms with Gasteiger partial charge in [0, 0.05) is 25.6 Å². The highest BCUT2D eigenvalue weighted by molar-refractivity contribution is 5.67. The molecule has 0 spiro atoms. The van der Waals surface area contributed by atoms with Crippen molar-refractivity contribution < 1.29 is 19.7 Å². The third-order valence-corrected chi connectivity index (χ3v) is 4.45. The van der Waals surface area contributed by atoms with Gasteiger partial charge >= 0.3 is 5.97 Å². The van der Waals surface area contributed by atoms with Gasteiger partial charge in [-0.05, 0) is 23.1 Å². The van der Waals surface area contributed by atoms with Crippen LogP contribution in [-0.2, 0) is 29.1 Å². The van der Waals surface area contributed by atoms with Crippen LogP contribution in [0.5, 0.6) is 0 Å². The van der Waals surface area contributed by atoms with Gasteiger partial charge in [0.2, 0.25) is 0 Å². The number of benzene rings is 1. The molecule has 1 saturated heterocycles. The first-order chi connectivity index (χ1) is 10.1. The molecule has 0 aromatic heterocycles. The molecule has 2 atom stereocenters. The average Bonchev–Trinajstić information content (AvgIpc) is 2.78. The highest BCUT2D eigenvalue weighted by Gasteiger charge is 2.33. The number of carboxylic acid groups (broad SMARTS) is 1. The van der Waals surface area contributed by atoms with E-state index < -0.39 is 12.1 Å². The normalized spacial score (nSPS) is 25.8. The van der Waals surface area contributed by atoms with Crippen molar-refractivity contribution in [1.29, 1.82) is 0 Å². The van der Waals surface area contributed by atoms with Crippen LogP contribution in [0, 0.1) is 5.92 Å². The molecule has 2 aliphatic heterocycles. The van der Waals surface area contributed by atoms with Gasteiger partial charge in [0.15, 0.2) is 0 Å². The second-order valence-electron chi connectivity index (χ2n) is 5.98. The van der Waals surface area contributed by atoms with E-state index in [2.05, 4.69) is 23.1 Å². The summed E-state index contributed by atoms with van der Waals surface area (Å²) in [4.78, 5) is 13.0. The summed E-state index contributed by atoms with van der Waals surface area (Å²) in [5.74, 6) is -1.01. The third-order valence-electron chi connectivity index (χ3n) is 4.45. The van der Waals surface area contributed by atoms with E-state index in [-0.39, 0.29) is 12.3 Å². The summed E-state index contributed by atoms with van der Waals surface area (Å²) in [6.45, 7) is 3.36. The number of rotatable bonds is 4. The van der Waals surface area contributed by atoms with Gasteiger partial charge in [-0.3, -0.25) is 9.69 Å². The fraction of sp³-hybridized carbons (Fsp3) is 0.562. The number of carboxylic acids is 1. The zero-order valence-electron chi connectivity index (χ0n) is 12.0. The molecule has 5 nitrogen and oxygen atoms in total. The molecule has 2 aliphatic rings. The van der Waals surface area contributed by atoms with E-state index in [0.717, 1.165) is 19.6 Å². The Morgan fingerprint density at radius 1 is 1.38 bits per heavy atom. The zero-order chi connectivity index (χ0) is 14.8. The van der Waals surface area contributed by atoms with E-state index in [9.17, 15) is 9.90 Å². The molecule has 0 saturated carbocycles. The minimum Gasteiger partial charge on any atom is -0.481 e. The number of aliphatic hydroxyl groups is 1. The minimum atomic E-state index is -0.841. The summed E-state index contributed by atoms with van der Waals surface area (Å²) in [5.41, 5.74) is 3.84. The zero-order valence-corrected chi connectivity index (χ0v) is 12.0. The number of aliphatic hydroxyl groups excluding tert-OH is 1. The van der Waals surface area contributed by atoms with E-state index in [4.69, 9.17) is 9.84 Å². The number of nitrogens with zero attached hydrogens (tertiary/aromatic N) is 1. The first-order valence-corrected chi connectivity index (χ1v) is 7.43. The van der Waals surface area contributed by atoms with Crippen molar-refractivity contribution in [2.45, 2.75) is 32.1 Å². The topological polar surface area (TPSA) is 70.0 Å². The van der Waals surface area contributed by atoms with Crippen molar-refractivity contribution in [3.8, 4) is 0 Å². The molecule has 5 heteroatoms. The molecule has 3 rings (SSSR count). The number of aliphatic carboxylic acids is 1. The highest BCUT2D eigenvalue weighted by Crippen LogP contribution is 2.26. The molecular formula is C16H21NO4. The van der Waals surface area contributed by atoms with Crippen molar-refractivity contribution in [2.24, 2.45) is 5.92 Å². The summed E-state index contributed by atoms with van der Waals surface area (Å²) in [5, 5.41) is 18.9. The summed E-state index contributed by atoms with van der Waals surface area (Å²) >= 11 is 0. The molecule has 21 heavy (non-hydrogen) atoms. The molecule has 1 aromatic rings. The van der Waals surface area contributed by atoms with Crippen molar-refractivity contribution in [3.63, 3.8) is 0 Å². The monoisotopic (exact) mass is 291 g/mol. The highest BCUT2D eigenvalue weighted by atomic mass is 16.5. The number of likely N-dealkylation sites (tertiary alicyclic amines) is 1. The van der Waals surface area contributed by atoms with Gasteiger partial charge in [-0.1, -0.05) is 18.2 Å². The van der Waals surface area contributed by atoms with Crippen molar-refractivity contribution in [3.05, 3.63) is 34.9 Å². The average molecular weight is 291 g/mol. The Hall–Kier alpha value is -1.43. The van der Waals surface area contributed by atoms with Crippen molar-refractivity contribution in [1.82, 2.24) is 4.90 Å². The summed E-state index contributed by atoms with van der Waals surface area (Å²) in [6.07, 6.45) is 0.443. The van der Waals surface area contributed by atoms with Crippen molar-refractivity contribution >= 4 is 5.97 Å². The van der Waals surface area contributed by atoms with Gasteiger partial charge in [-0.25, -0.2) is 0 Å². The molecule has 114 valence electrons. The lowest BCUT2D eigenvalue weighted by Gasteiger charge is -2.23. The first-order valence-electron chi connectivity index (χ1n) is 7.43. The molecule has 0 amide bonds. The molecule has 1 aromatic carbocycles. The summed E-state index contributed by atoms with van der Waals surface area (Å²) < 4.78 is 5.55. The molecule has 0 unspecified atom stereocenters. The number of ether oxygens (including phenoxy) is 1. The Labute approximate surface area is 124 Å². The number of carbonyl (C=O) groups is 1. The van der Waals surface area contributed by atoms with Gasteiger partial charge in [0.1, 0.15) is 0 Å². The fourth-order valence-electron chi connectivity index (χ4n) is 3.35. The Morgan fingerprint density at radius 3 is 3.05 bits per heavy atom. The van der Waals surface area contributed by atoms with Gasteiger partial charge in [-0.2, -0.15) is 0 Å². The van der Waals surface area contributed by atoms with E-state index in [1.54, 1.807) is 0 Å². The van der Waals surface area contributed by atoms with Crippen molar-refractivity contribution in [2.75, 3.05) is 19.7 Å². The fourth-order valence-corrected chi connectivity index (χ4v) is 3.35. The second kappa shape index (κ2) is 6.13. The van der Waals surface area contributed by atoms with Gasteiger partial charge in [0.05, 0.1) is 25.7 Å². The van der Waals surface area contributed by atoms with Crippen LogP contribution in [0.3, 0.4) is 0 Å². The van der Waals surface area contributed by atoms with E-state index in [0.29, 0.717) is 19.7 Å². The predicted molar refractivity (Wildman–Crippen MR) is 76.8 cm³/mol. The number of β-amino-alcohol motifs (C(OH)–C–C–N with tert-alkyl or cyclic N) is 1. The number of hydrogen-bond acceptors (Lipinski definition) is 4. The van der Waals surface area contributed by atoms with E-state index in [1.807, 2.05) is 0 Å². The SMILES string of the molecule is O=C(O)C[C@@H]1CN(Cc2cccc3c2COCC3)C[C@H]1O. The minimum absolute atomic E-state index is 0.0354. The largest absolute Gasteiger partial charge is 0.481 e. The van der Waals surface area contributed by atoms with Crippen LogP contribution in [0.1, 0.15) is 23.1 Å². The third kappa shape index (κ3) is 3.26. The molecule has 0 aliphatic carbocycles. The lowest BCUT2D eigenvalue weighted by atomic mass is 9.97. The second-order valence-corrected chi connectivity index (χ2v) is 5.98. The number of hydrogen-bond donors (Lipinski definition) is 2. The maximum atomic E-state index is 10.8. The standard InChI is InChI=1S/C16H21NO4/c18-15-9-17(8-13(15)6-16(19)20)7-12-3-1-2-11-4-5-21-10-14(11)12/h1-3,13,15,18H,4-10H2,(H,19,20)/t13-,15-/m1/s1. The Balaban J connectivity index is 1.69. The van der Waals surface area contributed by atoms with E-state index >= 15 is 0 Å². The molecule has 2 N–H and O–H groups in total. The van der Waals surface area contributed by atoms with Gasteiger partial charge in [-0.15, -0.1) is 0 Å². The molecule has 0 radical (unpaired) electrons.